The van der Waals surface area contributed by atoms with E-state index >= 15 is 0 Å². The number of nitrogens with two attached hydrogens (primary N) is 1. The Kier molecular flexibility index (Phi) is 7.92. The van der Waals surface area contributed by atoms with E-state index in [0.29, 0.717) is 5.84 Å². The molecule has 2 atom stereocenters. The van der Waals surface area contributed by atoms with E-state index in [9.17, 15) is 4.79 Å². The molecule has 2 aromatic carbocycles. The van der Waals surface area contributed by atoms with Crippen LogP contribution in [0.25, 0.3) is 0 Å². The van der Waals surface area contributed by atoms with Gasteiger partial charge in [0.05, 0.1) is 18.3 Å². The molecule has 0 amide bonds. The minimum absolute atomic E-state index is 0.0196. The van der Waals surface area contributed by atoms with E-state index in [-0.39, 0.29) is 18.7 Å². The van der Waals surface area contributed by atoms with Crippen molar-refractivity contribution in [3.63, 3.8) is 0 Å². The number of carboxylic acids is 1. The number of hydrogen-bond acceptors (Lipinski definition) is 6. The Morgan fingerprint density at radius 1 is 1.12 bits per heavy atom. The van der Waals surface area contributed by atoms with E-state index < -0.39 is 5.97 Å². The Hall–Kier alpha value is -3.23. The van der Waals surface area contributed by atoms with Crippen LogP contribution in [0.1, 0.15) is 30.0 Å². The molecule has 2 aliphatic rings. The second-order valence-corrected chi connectivity index (χ2v) is 9.07. The SMILES string of the molecule is CC(Cc1ccccc1)N=C(N)c1ccc(C2=NOC(CN3CCN(CC(=O)O)CC3)C2)cc1. The molecule has 3 N–H and O–H groups in total. The van der Waals surface area contributed by atoms with Crippen LogP contribution in [0.5, 0.6) is 0 Å². The number of piperazine rings is 1. The first-order chi connectivity index (χ1) is 16.5. The third-order valence-electron chi connectivity index (χ3n) is 6.27. The molecule has 2 unspecified atom stereocenters. The van der Waals surface area contributed by atoms with Crippen LogP contribution in [0.15, 0.2) is 64.7 Å². The highest BCUT2D eigenvalue weighted by atomic mass is 16.6. The highest BCUT2D eigenvalue weighted by Gasteiger charge is 2.27. The molecule has 0 aromatic heterocycles. The monoisotopic (exact) mass is 463 g/mol. The van der Waals surface area contributed by atoms with Crippen LogP contribution >= 0.6 is 0 Å². The predicted molar refractivity (Wildman–Crippen MR) is 133 cm³/mol. The molecule has 8 heteroatoms. The van der Waals surface area contributed by atoms with Crippen molar-refractivity contribution in [1.29, 1.82) is 0 Å². The van der Waals surface area contributed by atoms with Gasteiger partial charge < -0.3 is 15.7 Å². The van der Waals surface area contributed by atoms with Crippen molar-refractivity contribution in [1.82, 2.24) is 9.80 Å². The standard InChI is InChI=1S/C26H33N5O3/c1-19(15-20-5-3-2-4-6-20)28-26(27)22-9-7-21(8-10-22)24-16-23(34-29-24)17-30-11-13-31(14-12-30)18-25(32)33/h2-10,19,23H,11-18H2,1H3,(H2,27,28)(H,32,33). The number of benzene rings is 2. The Balaban J connectivity index is 1.26. The van der Waals surface area contributed by atoms with Crippen molar-refractivity contribution in [2.45, 2.75) is 31.9 Å². The van der Waals surface area contributed by atoms with Crippen molar-refractivity contribution in [3.05, 3.63) is 71.3 Å². The lowest BCUT2D eigenvalue weighted by Crippen LogP contribution is -2.49. The van der Waals surface area contributed by atoms with Crippen LogP contribution in [-0.4, -0.2) is 83.8 Å². The number of rotatable bonds is 9. The fourth-order valence-electron chi connectivity index (χ4n) is 4.45. The first kappa shape index (κ1) is 23.9. The van der Waals surface area contributed by atoms with Gasteiger partial charge in [0, 0.05) is 44.7 Å². The smallest absolute Gasteiger partial charge is 0.317 e. The molecule has 0 saturated carbocycles. The highest BCUT2D eigenvalue weighted by molar-refractivity contribution is 6.03. The van der Waals surface area contributed by atoms with E-state index in [1.807, 2.05) is 47.4 Å². The van der Waals surface area contributed by atoms with Crippen LogP contribution in [0, 0.1) is 0 Å². The number of amidine groups is 1. The molecule has 0 aliphatic carbocycles. The first-order valence-corrected chi connectivity index (χ1v) is 11.8. The Labute approximate surface area is 200 Å². The topological polar surface area (TPSA) is 104 Å². The average molecular weight is 464 g/mol. The van der Waals surface area contributed by atoms with Gasteiger partial charge in [-0.3, -0.25) is 19.6 Å². The van der Waals surface area contributed by atoms with Gasteiger partial charge in [-0.1, -0.05) is 59.8 Å². The summed E-state index contributed by atoms with van der Waals surface area (Å²) in [5.74, 6) is -0.231. The second kappa shape index (κ2) is 11.3. The summed E-state index contributed by atoms with van der Waals surface area (Å²) >= 11 is 0. The van der Waals surface area contributed by atoms with E-state index in [0.717, 1.165) is 62.4 Å². The zero-order valence-corrected chi connectivity index (χ0v) is 19.6. The van der Waals surface area contributed by atoms with Crippen LogP contribution in [0.3, 0.4) is 0 Å². The average Bonchev–Trinajstić information content (AvgIpc) is 3.29. The fraction of sp³-hybridized carbons (Fsp3) is 0.423. The van der Waals surface area contributed by atoms with Crippen molar-refractivity contribution >= 4 is 17.5 Å². The van der Waals surface area contributed by atoms with E-state index in [1.165, 1.54) is 5.56 Å². The molecule has 2 heterocycles. The lowest BCUT2D eigenvalue weighted by Gasteiger charge is -2.34. The molecule has 180 valence electrons. The first-order valence-electron chi connectivity index (χ1n) is 11.8. The highest BCUT2D eigenvalue weighted by Crippen LogP contribution is 2.19. The maximum absolute atomic E-state index is 10.9. The van der Waals surface area contributed by atoms with Gasteiger partial charge in [0.1, 0.15) is 11.9 Å². The van der Waals surface area contributed by atoms with Gasteiger partial charge in [0.2, 0.25) is 0 Å². The summed E-state index contributed by atoms with van der Waals surface area (Å²) in [5.41, 5.74) is 10.4. The zero-order valence-electron chi connectivity index (χ0n) is 19.6. The number of carboxylic acid groups (broad SMARTS) is 1. The second-order valence-electron chi connectivity index (χ2n) is 9.07. The number of nitrogens with zero attached hydrogens (tertiary/aromatic N) is 4. The molecule has 8 nitrogen and oxygen atoms in total. The Bertz CT molecular complexity index is 1010. The summed E-state index contributed by atoms with van der Waals surface area (Å²) in [6, 6.07) is 18.4. The van der Waals surface area contributed by atoms with E-state index in [2.05, 4.69) is 34.1 Å². The van der Waals surface area contributed by atoms with Gasteiger partial charge in [0.25, 0.3) is 0 Å². The summed E-state index contributed by atoms with van der Waals surface area (Å²) in [4.78, 5) is 25.5. The van der Waals surface area contributed by atoms with E-state index in [4.69, 9.17) is 15.7 Å². The predicted octanol–water partition coefficient (Wildman–Crippen LogP) is 2.22. The molecule has 0 radical (unpaired) electrons. The number of aliphatic imine (C=N–C) groups is 1. The van der Waals surface area contributed by atoms with Gasteiger partial charge in [-0.2, -0.15) is 0 Å². The molecular formula is C26H33N5O3. The summed E-state index contributed by atoms with van der Waals surface area (Å²) in [6.45, 7) is 6.20. The third kappa shape index (κ3) is 6.65. The number of aliphatic carboxylic acids is 1. The fourth-order valence-corrected chi connectivity index (χ4v) is 4.45. The summed E-state index contributed by atoms with van der Waals surface area (Å²) < 4.78 is 0. The Morgan fingerprint density at radius 2 is 1.79 bits per heavy atom. The van der Waals surface area contributed by atoms with Crippen LogP contribution in [0.2, 0.25) is 0 Å². The minimum Gasteiger partial charge on any atom is -0.480 e. The molecule has 2 aliphatic heterocycles. The van der Waals surface area contributed by atoms with Gasteiger partial charge in [-0.25, -0.2) is 0 Å². The van der Waals surface area contributed by atoms with Crippen molar-refractivity contribution in [2.24, 2.45) is 15.9 Å². The van der Waals surface area contributed by atoms with Gasteiger partial charge in [-0.15, -0.1) is 0 Å². The molecule has 4 rings (SSSR count). The zero-order chi connectivity index (χ0) is 23.9. The number of hydrogen-bond donors (Lipinski definition) is 2. The molecular weight excluding hydrogens is 430 g/mol. The number of carbonyl (C=O) groups is 1. The summed E-state index contributed by atoms with van der Waals surface area (Å²) in [7, 11) is 0. The maximum atomic E-state index is 10.9. The van der Waals surface area contributed by atoms with Crippen LogP contribution in [-0.2, 0) is 16.1 Å². The molecule has 0 spiro atoms. The number of oxime groups is 1. The lowest BCUT2D eigenvalue weighted by molar-refractivity contribution is -0.138. The maximum Gasteiger partial charge on any atom is 0.317 e. The van der Waals surface area contributed by atoms with Crippen molar-refractivity contribution in [3.8, 4) is 0 Å². The van der Waals surface area contributed by atoms with Gasteiger partial charge >= 0.3 is 5.97 Å². The molecule has 1 saturated heterocycles. The molecule has 2 aromatic rings. The van der Waals surface area contributed by atoms with Crippen molar-refractivity contribution in [2.75, 3.05) is 39.3 Å². The third-order valence-corrected chi connectivity index (χ3v) is 6.27. The van der Waals surface area contributed by atoms with Crippen LogP contribution in [0.4, 0.5) is 0 Å². The molecule has 34 heavy (non-hydrogen) atoms. The van der Waals surface area contributed by atoms with Crippen LogP contribution < -0.4 is 5.73 Å². The Morgan fingerprint density at radius 3 is 2.47 bits per heavy atom. The summed E-state index contributed by atoms with van der Waals surface area (Å²) in [6.07, 6.45) is 1.63. The van der Waals surface area contributed by atoms with Gasteiger partial charge in [0.15, 0.2) is 0 Å². The normalized spacial score (nSPS) is 20.6. The largest absolute Gasteiger partial charge is 0.480 e. The van der Waals surface area contributed by atoms with Crippen molar-refractivity contribution < 1.29 is 14.7 Å². The quantitative estimate of drug-likeness (QED) is 0.437. The molecule has 1 fully saturated rings. The van der Waals surface area contributed by atoms with E-state index in [1.54, 1.807) is 0 Å². The van der Waals surface area contributed by atoms with Gasteiger partial charge in [-0.05, 0) is 24.5 Å². The molecule has 0 bridgehead atoms. The lowest BCUT2D eigenvalue weighted by atomic mass is 10.0. The summed E-state index contributed by atoms with van der Waals surface area (Å²) in [5, 5.41) is 13.3. The minimum atomic E-state index is -0.772.